The number of pyridine rings is 1. The van der Waals surface area contributed by atoms with Crippen LogP contribution in [-0.2, 0) is 11.3 Å². The van der Waals surface area contributed by atoms with Crippen LogP contribution in [0.15, 0.2) is 36.5 Å². The van der Waals surface area contributed by atoms with Crippen molar-refractivity contribution in [3.05, 3.63) is 42.2 Å². The van der Waals surface area contributed by atoms with E-state index < -0.39 is 0 Å². The van der Waals surface area contributed by atoms with Crippen LogP contribution in [0.3, 0.4) is 0 Å². The Kier molecular flexibility index (Phi) is 3.14. The van der Waals surface area contributed by atoms with Crippen LogP contribution in [0.5, 0.6) is 0 Å². The Morgan fingerprint density at radius 3 is 2.75 bits per heavy atom. The lowest BCUT2D eigenvalue weighted by Gasteiger charge is -2.03. The Hall–Kier alpha value is -2.36. The largest absolute Gasteiger partial charge is 0.461 e. The molecule has 0 atom stereocenters. The molecule has 0 saturated heterocycles. The molecule has 2 heterocycles. The normalized spacial score (nSPS) is 11.1. The van der Waals surface area contributed by atoms with Crippen LogP contribution in [0.4, 0.5) is 0 Å². The summed E-state index contributed by atoms with van der Waals surface area (Å²) >= 11 is 0. The van der Waals surface area contributed by atoms with Gasteiger partial charge in [-0.1, -0.05) is 18.2 Å². The number of aromatic nitrogens is 2. The zero-order valence-electron chi connectivity index (χ0n) is 11.6. The molecule has 0 radical (unpaired) electrons. The Bertz CT molecular complexity index is 790. The predicted octanol–water partition coefficient (Wildman–Crippen LogP) is 3.39. The minimum Gasteiger partial charge on any atom is -0.461 e. The fraction of sp³-hybridized carbons (Fsp3) is 0.250. The molecule has 3 rings (SSSR count). The molecule has 0 fully saturated rings. The van der Waals surface area contributed by atoms with E-state index in [0.29, 0.717) is 12.3 Å². The number of nitrogens with zero attached hydrogens (tertiary/aromatic N) is 2. The molecule has 0 aliphatic heterocycles. The summed E-state index contributed by atoms with van der Waals surface area (Å²) in [5.74, 6) is -0.372. The van der Waals surface area contributed by atoms with Crippen molar-refractivity contribution in [3.63, 3.8) is 0 Å². The third-order valence-corrected chi connectivity index (χ3v) is 3.46. The van der Waals surface area contributed by atoms with Crippen LogP contribution in [0.1, 0.15) is 24.3 Å². The number of hydrogen-bond donors (Lipinski definition) is 0. The topological polar surface area (TPSA) is 44.1 Å². The van der Waals surface area contributed by atoms with Crippen molar-refractivity contribution in [2.75, 3.05) is 6.61 Å². The highest BCUT2D eigenvalue weighted by Gasteiger charge is 2.14. The first-order valence-corrected chi connectivity index (χ1v) is 6.80. The van der Waals surface area contributed by atoms with E-state index >= 15 is 0 Å². The first-order chi connectivity index (χ1) is 9.76. The Balaban J connectivity index is 2.28. The van der Waals surface area contributed by atoms with E-state index in [1.54, 1.807) is 13.1 Å². The predicted molar refractivity (Wildman–Crippen MR) is 78.9 cm³/mol. The quantitative estimate of drug-likeness (QED) is 0.684. The van der Waals surface area contributed by atoms with Gasteiger partial charge in [0.05, 0.1) is 18.3 Å². The number of fused-ring (bicyclic) bond motifs is 3. The Labute approximate surface area is 117 Å². The molecule has 0 saturated carbocycles. The second kappa shape index (κ2) is 4.96. The molecule has 0 unspecified atom stereocenters. The summed E-state index contributed by atoms with van der Waals surface area (Å²) in [5, 5.41) is 2.18. The maximum absolute atomic E-state index is 11.8. The smallest absolute Gasteiger partial charge is 0.356 e. The average Bonchev–Trinajstić information content (AvgIpc) is 2.80. The highest BCUT2D eigenvalue weighted by atomic mass is 16.5. The first-order valence-electron chi connectivity index (χ1n) is 6.80. The SMILES string of the molecule is CCOC(=O)c1cc2c3ccccc3n(CC)c2cn1. The van der Waals surface area contributed by atoms with E-state index in [1.165, 1.54) is 0 Å². The summed E-state index contributed by atoms with van der Waals surface area (Å²) in [7, 11) is 0. The summed E-state index contributed by atoms with van der Waals surface area (Å²) in [6, 6.07) is 10.0. The number of aryl methyl sites for hydroxylation is 1. The van der Waals surface area contributed by atoms with Gasteiger partial charge in [0.1, 0.15) is 5.69 Å². The van der Waals surface area contributed by atoms with Crippen molar-refractivity contribution in [2.45, 2.75) is 20.4 Å². The minimum atomic E-state index is -0.372. The molecular weight excluding hydrogens is 252 g/mol. The lowest BCUT2D eigenvalue weighted by Crippen LogP contribution is -2.06. The van der Waals surface area contributed by atoms with Crippen LogP contribution in [0.25, 0.3) is 21.8 Å². The summed E-state index contributed by atoms with van der Waals surface area (Å²) in [4.78, 5) is 16.0. The van der Waals surface area contributed by atoms with E-state index in [1.807, 2.05) is 18.2 Å². The van der Waals surface area contributed by atoms with Crippen molar-refractivity contribution >= 4 is 27.8 Å². The number of carbonyl (C=O) groups excluding carboxylic acids is 1. The number of carbonyl (C=O) groups is 1. The molecule has 2 aromatic heterocycles. The van der Waals surface area contributed by atoms with Gasteiger partial charge in [0.25, 0.3) is 0 Å². The van der Waals surface area contributed by atoms with Gasteiger partial charge in [-0.25, -0.2) is 9.78 Å². The van der Waals surface area contributed by atoms with Gasteiger partial charge >= 0.3 is 5.97 Å². The number of esters is 1. The highest BCUT2D eigenvalue weighted by Crippen LogP contribution is 2.28. The van der Waals surface area contributed by atoms with Crippen molar-refractivity contribution in [1.82, 2.24) is 9.55 Å². The lowest BCUT2D eigenvalue weighted by atomic mass is 10.1. The second-order valence-corrected chi connectivity index (χ2v) is 4.57. The minimum absolute atomic E-state index is 0.356. The molecule has 20 heavy (non-hydrogen) atoms. The average molecular weight is 268 g/mol. The van der Waals surface area contributed by atoms with Gasteiger partial charge in [0, 0.05) is 22.8 Å². The Morgan fingerprint density at radius 1 is 1.20 bits per heavy atom. The van der Waals surface area contributed by atoms with Gasteiger partial charge in [0.15, 0.2) is 0 Å². The van der Waals surface area contributed by atoms with E-state index in [4.69, 9.17) is 4.74 Å². The van der Waals surface area contributed by atoms with Gasteiger partial charge < -0.3 is 9.30 Å². The van der Waals surface area contributed by atoms with Crippen molar-refractivity contribution in [3.8, 4) is 0 Å². The number of para-hydroxylation sites is 1. The van der Waals surface area contributed by atoms with Crippen molar-refractivity contribution in [1.29, 1.82) is 0 Å². The molecule has 0 spiro atoms. The molecule has 1 aromatic carbocycles. The number of hydrogen-bond acceptors (Lipinski definition) is 3. The number of rotatable bonds is 3. The van der Waals surface area contributed by atoms with Gasteiger partial charge in [-0.15, -0.1) is 0 Å². The number of ether oxygens (including phenoxy) is 1. The molecule has 0 N–H and O–H groups in total. The van der Waals surface area contributed by atoms with Crippen molar-refractivity contribution in [2.24, 2.45) is 0 Å². The van der Waals surface area contributed by atoms with Gasteiger partial charge in [-0.3, -0.25) is 0 Å². The third-order valence-electron chi connectivity index (χ3n) is 3.46. The van der Waals surface area contributed by atoms with Crippen molar-refractivity contribution < 1.29 is 9.53 Å². The summed E-state index contributed by atoms with van der Waals surface area (Å²) in [6.45, 7) is 5.12. The fourth-order valence-corrected chi connectivity index (χ4v) is 2.60. The molecule has 102 valence electrons. The standard InChI is InChI=1S/C16H16N2O2/c1-3-18-14-8-6-5-7-11(14)12-9-13(16(19)20-4-2)17-10-15(12)18/h5-10H,3-4H2,1-2H3. The molecule has 0 aliphatic carbocycles. The molecular formula is C16H16N2O2. The highest BCUT2D eigenvalue weighted by molar-refractivity contribution is 6.09. The lowest BCUT2D eigenvalue weighted by molar-refractivity contribution is 0.0520. The molecule has 0 bridgehead atoms. The zero-order valence-corrected chi connectivity index (χ0v) is 11.6. The molecule has 0 amide bonds. The van der Waals surface area contributed by atoms with Crippen LogP contribution in [0.2, 0.25) is 0 Å². The molecule has 0 aliphatic rings. The second-order valence-electron chi connectivity index (χ2n) is 4.57. The zero-order chi connectivity index (χ0) is 14.1. The van der Waals surface area contributed by atoms with E-state index in [-0.39, 0.29) is 5.97 Å². The molecule has 4 nitrogen and oxygen atoms in total. The molecule has 4 heteroatoms. The Morgan fingerprint density at radius 2 is 2.00 bits per heavy atom. The summed E-state index contributed by atoms with van der Waals surface area (Å²) in [6.07, 6.45) is 1.76. The third kappa shape index (κ3) is 1.84. The van der Waals surface area contributed by atoms with Gasteiger partial charge in [-0.05, 0) is 26.0 Å². The van der Waals surface area contributed by atoms with Gasteiger partial charge in [0.2, 0.25) is 0 Å². The van der Waals surface area contributed by atoms with Crippen LogP contribution < -0.4 is 0 Å². The first kappa shape index (κ1) is 12.7. The van der Waals surface area contributed by atoms with Crippen LogP contribution in [-0.4, -0.2) is 22.1 Å². The summed E-state index contributed by atoms with van der Waals surface area (Å²) < 4.78 is 7.21. The fourth-order valence-electron chi connectivity index (χ4n) is 2.60. The number of benzene rings is 1. The maximum atomic E-state index is 11.8. The maximum Gasteiger partial charge on any atom is 0.356 e. The molecule has 3 aromatic rings. The van der Waals surface area contributed by atoms with Crippen LogP contribution >= 0.6 is 0 Å². The van der Waals surface area contributed by atoms with Crippen LogP contribution in [0, 0.1) is 0 Å². The van der Waals surface area contributed by atoms with Gasteiger partial charge in [-0.2, -0.15) is 0 Å². The van der Waals surface area contributed by atoms with E-state index in [9.17, 15) is 4.79 Å². The monoisotopic (exact) mass is 268 g/mol. The summed E-state index contributed by atoms with van der Waals surface area (Å²) in [5.41, 5.74) is 2.56. The van der Waals surface area contributed by atoms with E-state index in [0.717, 1.165) is 28.4 Å². The van der Waals surface area contributed by atoms with E-state index in [2.05, 4.69) is 28.6 Å².